The minimum atomic E-state index is -4.76. The number of aliphatic hydroxyl groups is 1. The Morgan fingerprint density at radius 1 is 0.414 bits per heavy atom. The van der Waals surface area contributed by atoms with E-state index in [0.717, 1.165) is 77.0 Å². The molecule has 0 aromatic rings. The molecule has 0 aromatic carbocycles. The van der Waals surface area contributed by atoms with Crippen molar-refractivity contribution in [3.63, 3.8) is 0 Å². The molecule has 0 fully saturated rings. The average Bonchev–Trinajstić information content (AvgIpc) is 3.35. The molecular formula is C58H101O11P. The summed E-state index contributed by atoms with van der Waals surface area (Å²) in [6, 6.07) is 0. The largest absolute Gasteiger partial charge is 0.472 e. The molecule has 12 heteroatoms. The number of hydrogen-bond acceptors (Lipinski definition) is 10. The lowest BCUT2D eigenvalue weighted by Crippen LogP contribution is -2.30. The van der Waals surface area contributed by atoms with E-state index in [1.807, 2.05) is 12.2 Å². The maximum Gasteiger partial charge on any atom is 0.472 e. The number of carbonyl (C=O) groups excluding carboxylic acids is 3. The normalized spacial score (nSPS) is 14.0. The molecule has 0 aliphatic carbocycles. The lowest BCUT2D eigenvalue weighted by atomic mass is 10.0. The number of unbranched alkanes of at least 4 members (excludes halogenated alkanes) is 22. The van der Waals surface area contributed by atoms with Crippen LogP contribution < -0.4 is 0 Å². The number of ether oxygens (including phenoxy) is 3. The first-order valence-electron chi connectivity index (χ1n) is 27.8. The maximum atomic E-state index is 12.9. The third-order valence-corrected chi connectivity index (χ3v) is 12.6. The van der Waals surface area contributed by atoms with Crippen LogP contribution in [0.4, 0.5) is 0 Å². The minimum Gasteiger partial charge on any atom is -0.462 e. The fourth-order valence-electron chi connectivity index (χ4n) is 7.44. The number of esters is 3. The van der Waals surface area contributed by atoms with Gasteiger partial charge < -0.3 is 24.2 Å². The van der Waals surface area contributed by atoms with Crippen LogP contribution in [0.2, 0.25) is 0 Å². The van der Waals surface area contributed by atoms with Crippen molar-refractivity contribution in [1.29, 1.82) is 0 Å². The van der Waals surface area contributed by atoms with Gasteiger partial charge in [0.1, 0.15) is 12.7 Å². The number of phosphoric ester groups is 1. The Kier molecular flexibility index (Phi) is 50.0. The first kappa shape index (κ1) is 66.9. The van der Waals surface area contributed by atoms with Crippen molar-refractivity contribution in [2.75, 3.05) is 26.4 Å². The molecule has 0 spiro atoms. The van der Waals surface area contributed by atoms with Gasteiger partial charge in [-0.15, -0.1) is 0 Å². The molecule has 0 aliphatic rings. The summed E-state index contributed by atoms with van der Waals surface area (Å²) in [5, 5.41) is 9.79. The molecule has 0 aliphatic heterocycles. The lowest BCUT2D eigenvalue weighted by molar-refractivity contribution is -0.161. The molecule has 3 atom stereocenters. The van der Waals surface area contributed by atoms with Gasteiger partial charge in [0.05, 0.1) is 19.8 Å². The maximum absolute atomic E-state index is 12.9. The molecule has 70 heavy (non-hydrogen) atoms. The third-order valence-electron chi connectivity index (χ3n) is 11.7. The van der Waals surface area contributed by atoms with Crippen molar-refractivity contribution >= 4 is 25.7 Å². The Bertz CT molecular complexity index is 1450. The number of rotatable bonds is 51. The number of aliphatic hydroxyl groups excluding tert-OH is 1. The van der Waals surface area contributed by atoms with Gasteiger partial charge in [-0.05, 0) is 57.8 Å². The lowest BCUT2D eigenvalue weighted by Gasteiger charge is -2.21. The average molecular weight is 1010 g/mol. The van der Waals surface area contributed by atoms with Crippen molar-refractivity contribution in [2.45, 2.75) is 251 Å². The minimum absolute atomic E-state index is 0.0431. The summed E-state index contributed by atoms with van der Waals surface area (Å²) in [6.45, 7) is 4.44. The number of allylic oxidation sites excluding steroid dienone is 12. The molecule has 0 saturated carbocycles. The molecule has 3 unspecified atom stereocenters. The van der Waals surface area contributed by atoms with Gasteiger partial charge in [-0.3, -0.25) is 23.4 Å². The summed E-state index contributed by atoms with van der Waals surface area (Å²) >= 11 is 0. The van der Waals surface area contributed by atoms with E-state index in [1.165, 1.54) is 103 Å². The van der Waals surface area contributed by atoms with E-state index in [2.05, 4.69) is 81.5 Å². The molecule has 11 nitrogen and oxygen atoms in total. The number of hydrogen-bond donors (Lipinski definition) is 2. The van der Waals surface area contributed by atoms with Crippen LogP contribution in [0.3, 0.4) is 0 Å². The monoisotopic (exact) mass is 1000 g/mol. The quantitative estimate of drug-likeness (QED) is 0.0197. The Morgan fingerprint density at radius 2 is 0.743 bits per heavy atom. The highest BCUT2D eigenvalue weighted by molar-refractivity contribution is 7.47. The molecular weight excluding hydrogens is 904 g/mol. The molecule has 0 heterocycles. The zero-order valence-electron chi connectivity index (χ0n) is 44.5. The first-order valence-corrected chi connectivity index (χ1v) is 29.3. The summed E-state index contributed by atoms with van der Waals surface area (Å²) in [7, 11) is -4.76. The molecule has 0 aromatic heterocycles. The summed E-state index contributed by atoms with van der Waals surface area (Å²) in [6.07, 6.45) is 57.4. The summed E-state index contributed by atoms with van der Waals surface area (Å²) in [5.41, 5.74) is 0. The van der Waals surface area contributed by atoms with Crippen LogP contribution in [-0.2, 0) is 42.2 Å². The van der Waals surface area contributed by atoms with Crippen LogP contribution in [0, 0.1) is 0 Å². The van der Waals surface area contributed by atoms with Gasteiger partial charge in [0.25, 0.3) is 0 Å². The van der Waals surface area contributed by atoms with Gasteiger partial charge in [0.2, 0.25) is 0 Å². The third kappa shape index (κ3) is 49.9. The molecule has 0 rings (SSSR count). The van der Waals surface area contributed by atoms with Gasteiger partial charge in [0, 0.05) is 19.3 Å². The smallest absolute Gasteiger partial charge is 0.462 e. The predicted molar refractivity (Wildman–Crippen MR) is 288 cm³/mol. The van der Waals surface area contributed by atoms with Gasteiger partial charge in [-0.2, -0.15) is 0 Å². The predicted octanol–water partition coefficient (Wildman–Crippen LogP) is 16.1. The van der Waals surface area contributed by atoms with E-state index < -0.39 is 57.8 Å². The second-order valence-corrected chi connectivity index (χ2v) is 19.8. The topological polar surface area (TPSA) is 155 Å². The van der Waals surface area contributed by atoms with Crippen molar-refractivity contribution in [3.05, 3.63) is 72.9 Å². The second-order valence-electron chi connectivity index (χ2n) is 18.4. The van der Waals surface area contributed by atoms with Gasteiger partial charge in [0.15, 0.2) is 6.10 Å². The van der Waals surface area contributed by atoms with Crippen molar-refractivity contribution in [3.8, 4) is 0 Å². The van der Waals surface area contributed by atoms with E-state index in [9.17, 15) is 28.9 Å². The Hall–Kier alpha value is -3.08. The zero-order chi connectivity index (χ0) is 51.3. The van der Waals surface area contributed by atoms with Crippen LogP contribution in [-0.4, -0.2) is 66.5 Å². The van der Waals surface area contributed by atoms with Crippen LogP contribution >= 0.6 is 7.82 Å². The molecule has 0 saturated heterocycles. The Balaban J connectivity index is 4.81. The van der Waals surface area contributed by atoms with Crippen LogP contribution in [0.5, 0.6) is 0 Å². The van der Waals surface area contributed by atoms with Crippen molar-refractivity contribution in [1.82, 2.24) is 0 Å². The van der Waals surface area contributed by atoms with Gasteiger partial charge in [-0.25, -0.2) is 4.57 Å². The highest BCUT2D eigenvalue weighted by Crippen LogP contribution is 2.43. The first-order chi connectivity index (χ1) is 34.2. The summed E-state index contributed by atoms with van der Waals surface area (Å²) in [4.78, 5) is 48.4. The van der Waals surface area contributed by atoms with E-state index >= 15 is 0 Å². The van der Waals surface area contributed by atoms with E-state index in [0.29, 0.717) is 19.3 Å². The van der Waals surface area contributed by atoms with E-state index in [-0.39, 0.29) is 25.9 Å². The molecule has 0 bridgehead atoms. The van der Waals surface area contributed by atoms with E-state index in [1.54, 1.807) is 0 Å². The zero-order valence-corrected chi connectivity index (χ0v) is 45.4. The molecule has 2 N–H and O–H groups in total. The molecule has 0 amide bonds. The fraction of sp³-hybridized carbons (Fsp3) is 0.741. The van der Waals surface area contributed by atoms with Crippen LogP contribution in [0.1, 0.15) is 239 Å². The van der Waals surface area contributed by atoms with Gasteiger partial charge >= 0.3 is 25.7 Å². The van der Waals surface area contributed by atoms with Crippen molar-refractivity contribution < 1.29 is 52.2 Å². The van der Waals surface area contributed by atoms with Gasteiger partial charge in [-0.1, -0.05) is 235 Å². The second kappa shape index (κ2) is 52.2. The highest BCUT2D eigenvalue weighted by Gasteiger charge is 2.28. The molecule has 404 valence electrons. The molecule has 0 radical (unpaired) electrons. The SMILES string of the molecule is CC/C=C\C/C=C\C/C=C\C/C=C\C/C=C\C/C=C\CCC(=O)OC(COC(=O)CCCCCCCCCCCCC)COP(=O)(O)OCC(CO)OC(=O)CCCCCCCCCCCCCCC. The number of carbonyl (C=O) groups is 3. The van der Waals surface area contributed by atoms with E-state index in [4.69, 9.17) is 23.3 Å². The summed E-state index contributed by atoms with van der Waals surface area (Å²) < 4.78 is 39.3. The van der Waals surface area contributed by atoms with Crippen LogP contribution in [0.25, 0.3) is 0 Å². The Morgan fingerprint density at radius 3 is 1.14 bits per heavy atom. The highest BCUT2D eigenvalue weighted by atomic mass is 31.2. The standard InChI is InChI=1S/C58H101O11P/c1-4-7-10-13-16-19-22-24-25-26-27-28-29-31-34-37-40-43-46-49-58(62)69-55(51-65-56(60)47-44-41-38-35-32-21-18-15-12-9-6-3)53-67-70(63,64)66-52-54(50-59)68-57(61)48-45-42-39-36-33-30-23-20-17-14-11-8-5-2/h7,10,16,19,24-25,27-28,31,34,40,43,54-55,59H,4-6,8-9,11-15,17-18,20-23,26,29-30,32-33,35-39,41-42,44-53H2,1-3H3,(H,63,64)/b10-7-,19-16-,25-24-,28-27-,34-31-,43-40-. The van der Waals surface area contributed by atoms with Crippen molar-refractivity contribution in [2.24, 2.45) is 0 Å². The summed E-state index contributed by atoms with van der Waals surface area (Å²) in [5.74, 6) is -1.56. The Labute approximate surface area is 427 Å². The fourth-order valence-corrected chi connectivity index (χ4v) is 8.23. The van der Waals surface area contributed by atoms with Crippen LogP contribution in [0.15, 0.2) is 72.9 Å². The number of phosphoric acid groups is 1.